The topological polar surface area (TPSA) is 69.4 Å². The van der Waals surface area contributed by atoms with Gasteiger partial charge in [0.05, 0.1) is 18.9 Å². The van der Waals surface area contributed by atoms with E-state index < -0.39 is 11.9 Å². The molecule has 3 heterocycles. The van der Waals surface area contributed by atoms with Crippen LogP contribution in [0.15, 0.2) is 36.8 Å². The molecule has 3 aromatic rings. The molecule has 0 saturated carbocycles. The second kappa shape index (κ2) is 6.66. The molecule has 1 aliphatic heterocycles. The van der Waals surface area contributed by atoms with E-state index in [2.05, 4.69) is 9.97 Å². The molecule has 7 heteroatoms. The van der Waals surface area contributed by atoms with Crippen LogP contribution in [0.4, 0.5) is 4.39 Å². The minimum atomic E-state index is -0.854. The van der Waals surface area contributed by atoms with E-state index in [1.807, 2.05) is 23.8 Å². The molecule has 0 aliphatic carbocycles. The number of hydrogen-bond donors (Lipinski definition) is 1. The van der Waals surface area contributed by atoms with Crippen molar-refractivity contribution < 1.29 is 19.0 Å². The summed E-state index contributed by atoms with van der Waals surface area (Å²) in [6.45, 7) is 1.94. The van der Waals surface area contributed by atoms with E-state index in [9.17, 15) is 9.50 Å². The fourth-order valence-electron chi connectivity index (χ4n) is 3.49. The SMILES string of the molecule is COc1cc(C(O)C2CCC(n3ccc4c(C)ncnc43)O2)ccc1F. The number of ether oxygens (including phenoxy) is 2. The average molecular weight is 357 g/mol. The molecule has 0 amide bonds. The predicted octanol–water partition coefficient (Wildman–Crippen LogP) is 3.30. The van der Waals surface area contributed by atoms with Crippen LogP contribution in [-0.2, 0) is 4.74 Å². The Morgan fingerprint density at radius 1 is 1.31 bits per heavy atom. The Balaban J connectivity index is 1.55. The van der Waals surface area contributed by atoms with Crippen LogP contribution in [0.25, 0.3) is 11.0 Å². The Hall–Kier alpha value is -2.51. The molecule has 1 aromatic carbocycles. The van der Waals surface area contributed by atoms with Gasteiger partial charge in [0.15, 0.2) is 11.6 Å². The first-order chi connectivity index (χ1) is 12.6. The second-order valence-corrected chi connectivity index (χ2v) is 6.46. The standard InChI is InChI=1S/C19H20FN3O3/c1-11-13-7-8-23(19(13)22-10-21-11)17-6-5-15(26-17)18(24)12-3-4-14(20)16(9-12)25-2/h3-4,7-10,15,17-18,24H,5-6H2,1-2H3. The van der Waals surface area contributed by atoms with Crippen molar-refractivity contribution >= 4 is 11.0 Å². The van der Waals surface area contributed by atoms with Gasteiger partial charge >= 0.3 is 0 Å². The molecule has 0 spiro atoms. The molecular weight excluding hydrogens is 337 g/mol. The van der Waals surface area contributed by atoms with Gasteiger partial charge in [0.1, 0.15) is 24.3 Å². The molecule has 4 rings (SSSR count). The van der Waals surface area contributed by atoms with E-state index in [0.29, 0.717) is 12.0 Å². The third-order valence-electron chi connectivity index (χ3n) is 4.92. The highest BCUT2D eigenvalue weighted by Crippen LogP contribution is 2.37. The number of benzene rings is 1. The fraction of sp³-hybridized carbons (Fsp3) is 0.368. The van der Waals surface area contributed by atoms with Gasteiger partial charge in [0.25, 0.3) is 0 Å². The van der Waals surface area contributed by atoms with Gasteiger partial charge in [0, 0.05) is 11.6 Å². The Morgan fingerprint density at radius 2 is 2.15 bits per heavy atom. The summed E-state index contributed by atoms with van der Waals surface area (Å²) in [6, 6.07) is 6.34. The van der Waals surface area contributed by atoms with Crippen molar-refractivity contribution in [3.8, 4) is 5.75 Å². The predicted molar refractivity (Wildman–Crippen MR) is 93.3 cm³/mol. The highest BCUT2D eigenvalue weighted by molar-refractivity contribution is 5.78. The molecule has 1 aliphatic rings. The number of aromatic nitrogens is 3. The smallest absolute Gasteiger partial charge is 0.165 e. The summed E-state index contributed by atoms with van der Waals surface area (Å²) in [5.74, 6) is -0.345. The maximum Gasteiger partial charge on any atom is 0.165 e. The van der Waals surface area contributed by atoms with Crippen LogP contribution in [-0.4, -0.2) is 32.9 Å². The number of fused-ring (bicyclic) bond motifs is 1. The molecule has 1 saturated heterocycles. The summed E-state index contributed by atoms with van der Waals surface area (Å²) in [4.78, 5) is 8.56. The van der Waals surface area contributed by atoms with E-state index >= 15 is 0 Å². The Kier molecular flexibility index (Phi) is 4.34. The maximum absolute atomic E-state index is 13.6. The number of aliphatic hydroxyl groups excluding tert-OH is 1. The van der Waals surface area contributed by atoms with Crippen LogP contribution < -0.4 is 4.74 Å². The lowest BCUT2D eigenvalue weighted by Crippen LogP contribution is -2.19. The third-order valence-corrected chi connectivity index (χ3v) is 4.92. The van der Waals surface area contributed by atoms with Crippen LogP contribution in [0.5, 0.6) is 5.75 Å². The summed E-state index contributed by atoms with van der Waals surface area (Å²) in [5, 5.41) is 11.7. The average Bonchev–Trinajstić information content (AvgIpc) is 3.29. The molecule has 6 nitrogen and oxygen atoms in total. The van der Waals surface area contributed by atoms with Crippen LogP contribution >= 0.6 is 0 Å². The molecular formula is C19H20FN3O3. The number of hydrogen-bond acceptors (Lipinski definition) is 5. The van der Waals surface area contributed by atoms with Crippen LogP contribution in [0.2, 0.25) is 0 Å². The Morgan fingerprint density at radius 3 is 2.96 bits per heavy atom. The molecule has 0 bridgehead atoms. The van der Waals surface area contributed by atoms with Gasteiger partial charge in [-0.05, 0) is 43.5 Å². The lowest BCUT2D eigenvalue weighted by molar-refractivity contribution is -0.0591. The van der Waals surface area contributed by atoms with Crippen molar-refractivity contribution in [3.63, 3.8) is 0 Å². The van der Waals surface area contributed by atoms with Gasteiger partial charge in [-0.1, -0.05) is 6.07 Å². The van der Waals surface area contributed by atoms with Crippen molar-refractivity contribution in [2.75, 3.05) is 7.11 Å². The van der Waals surface area contributed by atoms with Crippen molar-refractivity contribution in [1.29, 1.82) is 0 Å². The Labute approximate surface area is 150 Å². The van der Waals surface area contributed by atoms with Crippen LogP contribution in [0, 0.1) is 12.7 Å². The van der Waals surface area contributed by atoms with E-state index in [1.54, 1.807) is 12.4 Å². The molecule has 136 valence electrons. The zero-order valence-corrected chi connectivity index (χ0v) is 14.6. The fourth-order valence-corrected chi connectivity index (χ4v) is 3.49. The summed E-state index contributed by atoms with van der Waals surface area (Å²) < 4.78 is 26.6. The number of methoxy groups -OCH3 is 1. The van der Waals surface area contributed by atoms with Crippen molar-refractivity contribution in [3.05, 3.63) is 53.9 Å². The molecule has 26 heavy (non-hydrogen) atoms. The van der Waals surface area contributed by atoms with Gasteiger partial charge in [-0.3, -0.25) is 0 Å². The first-order valence-corrected chi connectivity index (χ1v) is 8.53. The molecule has 1 N–H and O–H groups in total. The highest BCUT2D eigenvalue weighted by Gasteiger charge is 2.33. The molecule has 3 unspecified atom stereocenters. The molecule has 2 aromatic heterocycles. The highest BCUT2D eigenvalue weighted by atomic mass is 19.1. The first kappa shape index (κ1) is 16.9. The quantitative estimate of drug-likeness (QED) is 0.776. The first-order valence-electron chi connectivity index (χ1n) is 8.53. The van der Waals surface area contributed by atoms with Gasteiger partial charge in [0.2, 0.25) is 0 Å². The van der Waals surface area contributed by atoms with Crippen molar-refractivity contribution in [2.24, 2.45) is 0 Å². The summed E-state index contributed by atoms with van der Waals surface area (Å²) in [5.41, 5.74) is 2.31. The largest absolute Gasteiger partial charge is 0.494 e. The lowest BCUT2D eigenvalue weighted by Gasteiger charge is -2.21. The monoisotopic (exact) mass is 357 g/mol. The van der Waals surface area contributed by atoms with E-state index in [0.717, 1.165) is 23.1 Å². The molecule has 0 radical (unpaired) electrons. The Bertz CT molecular complexity index is 943. The normalized spacial score (nSPS) is 21.2. The minimum Gasteiger partial charge on any atom is -0.494 e. The zero-order valence-electron chi connectivity index (χ0n) is 14.6. The van der Waals surface area contributed by atoms with Gasteiger partial charge < -0.3 is 19.1 Å². The number of rotatable bonds is 4. The van der Waals surface area contributed by atoms with Crippen molar-refractivity contribution in [2.45, 2.75) is 38.2 Å². The van der Waals surface area contributed by atoms with Crippen LogP contribution in [0.1, 0.15) is 36.4 Å². The van der Waals surface area contributed by atoms with Crippen molar-refractivity contribution in [1.82, 2.24) is 14.5 Å². The second-order valence-electron chi connectivity index (χ2n) is 6.46. The van der Waals surface area contributed by atoms with E-state index in [-0.39, 0.29) is 18.1 Å². The number of nitrogens with zero attached hydrogens (tertiary/aromatic N) is 3. The summed E-state index contributed by atoms with van der Waals surface area (Å²) >= 11 is 0. The number of halogens is 1. The number of aryl methyl sites for hydroxylation is 1. The summed E-state index contributed by atoms with van der Waals surface area (Å²) in [6.07, 6.45) is 3.49. The molecule has 3 atom stereocenters. The van der Waals surface area contributed by atoms with E-state index in [4.69, 9.17) is 9.47 Å². The van der Waals surface area contributed by atoms with Gasteiger partial charge in [-0.2, -0.15) is 0 Å². The number of aliphatic hydroxyl groups is 1. The third kappa shape index (κ3) is 2.83. The van der Waals surface area contributed by atoms with Gasteiger partial charge in [-0.25, -0.2) is 14.4 Å². The zero-order chi connectivity index (χ0) is 18.3. The minimum absolute atomic E-state index is 0.111. The summed E-state index contributed by atoms with van der Waals surface area (Å²) in [7, 11) is 1.40. The lowest BCUT2D eigenvalue weighted by atomic mass is 10.0. The van der Waals surface area contributed by atoms with Crippen LogP contribution in [0.3, 0.4) is 0 Å². The van der Waals surface area contributed by atoms with Gasteiger partial charge in [-0.15, -0.1) is 0 Å². The maximum atomic E-state index is 13.6. The molecule has 1 fully saturated rings. The van der Waals surface area contributed by atoms with E-state index in [1.165, 1.54) is 19.2 Å².